The molecule has 4 aromatic heterocycles. The Hall–Kier alpha value is -4.84. The van der Waals surface area contributed by atoms with Crippen LogP contribution in [-0.4, -0.2) is 73.2 Å². The van der Waals surface area contributed by atoms with Gasteiger partial charge in [0.2, 0.25) is 5.91 Å². The fraction of sp³-hybridized carbons (Fsp3) is 0.364. The predicted octanol–water partition coefficient (Wildman–Crippen LogP) is 4.54. The first-order valence-electron chi connectivity index (χ1n) is 15.2. The number of likely N-dealkylation sites (tertiary alicyclic amines) is 1. The molecule has 2 aliphatic rings. The Morgan fingerprint density at radius 3 is 2.62 bits per heavy atom. The number of halogens is 1. The van der Waals surface area contributed by atoms with Crippen LogP contribution in [0.25, 0.3) is 44.8 Å². The Balaban J connectivity index is 1.30. The Kier molecular flexibility index (Phi) is 7.23. The molecule has 2 amide bonds. The molecule has 1 aromatic carbocycles. The molecular weight excluding hydrogens is 575 g/mol. The van der Waals surface area contributed by atoms with Gasteiger partial charge >= 0.3 is 0 Å². The van der Waals surface area contributed by atoms with Gasteiger partial charge < -0.3 is 29.8 Å². The molecule has 7 rings (SSSR count). The number of carbonyl (C=O) groups is 2. The van der Waals surface area contributed by atoms with E-state index in [9.17, 15) is 14.0 Å². The number of nitrogens with one attached hydrogen (secondary N) is 1. The molecule has 1 aliphatic heterocycles. The van der Waals surface area contributed by atoms with Gasteiger partial charge in [-0.05, 0) is 67.6 Å². The molecule has 0 bridgehead atoms. The van der Waals surface area contributed by atoms with Crippen molar-refractivity contribution in [2.45, 2.75) is 44.9 Å². The highest BCUT2D eigenvalue weighted by Gasteiger charge is 2.30. The number of ether oxygens (including phenoxy) is 1. The molecule has 0 radical (unpaired) electrons. The van der Waals surface area contributed by atoms with Crippen molar-refractivity contribution in [3.8, 4) is 28.5 Å². The van der Waals surface area contributed by atoms with Gasteiger partial charge in [0, 0.05) is 55.8 Å². The zero-order valence-corrected chi connectivity index (χ0v) is 25.5. The zero-order valence-electron chi connectivity index (χ0n) is 25.5. The summed E-state index contributed by atoms with van der Waals surface area (Å²) in [4.78, 5) is 40.8. The molecule has 11 nitrogen and oxygen atoms in total. The molecular formula is C33H35FN8O3. The Morgan fingerprint density at radius 2 is 1.93 bits per heavy atom. The van der Waals surface area contributed by atoms with Crippen molar-refractivity contribution in [3.05, 3.63) is 54.2 Å². The van der Waals surface area contributed by atoms with Crippen molar-refractivity contribution in [1.82, 2.24) is 29.0 Å². The van der Waals surface area contributed by atoms with Crippen LogP contribution >= 0.6 is 0 Å². The number of benzene rings is 1. The number of aromatic nitrogens is 5. The van der Waals surface area contributed by atoms with E-state index in [4.69, 9.17) is 20.4 Å². The van der Waals surface area contributed by atoms with Crippen LogP contribution in [0.3, 0.4) is 0 Å². The quantitative estimate of drug-likeness (QED) is 0.276. The molecule has 232 valence electrons. The predicted molar refractivity (Wildman–Crippen MR) is 170 cm³/mol. The summed E-state index contributed by atoms with van der Waals surface area (Å²) < 4.78 is 24.2. The number of carbonyl (C=O) groups excluding carboxylic acids is 2. The van der Waals surface area contributed by atoms with Crippen molar-refractivity contribution in [2.24, 2.45) is 18.7 Å². The zero-order chi connectivity index (χ0) is 31.4. The van der Waals surface area contributed by atoms with Crippen molar-refractivity contribution >= 4 is 39.7 Å². The lowest BCUT2D eigenvalue weighted by atomic mass is 10.0. The van der Waals surface area contributed by atoms with Crippen LogP contribution in [0.15, 0.2) is 48.7 Å². The maximum Gasteiger partial charge on any atom is 0.254 e. The van der Waals surface area contributed by atoms with Crippen LogP contribution < -0.4 is 15.8 Å². The van der Waals surface area contributed by atoms with E-state index in [2.05, 4.69) is 20.9 Å². The van der Waals surface area contributed by atoms with Gasteiger partial charge in [0.25, 0.3) is 5.91 Å². The number of piperidine rings is 1. The summed E-state index contributed by atoms with van der Waals surface area (Å²) in [6.07, 6.45) is 3.13. The molecule has 45 heavy (non-hydrogen) atoms. The largest absolute Gasteiger partial charge is 0.494 e. The average Bonchev–Trinajstić information content (AvgIpc) is 3.69. The van der Waals surface area contributed by atoms with Crippen molar-refractivity contribution in [1.29, 1.82) is 0 Å². The number of nitrogens with two attached hydrogens (primary N) is 1. The molecule has 1 aliphatic carbocycles. The molecule has 1 saturated carbocycles. The maximum absolute atomic E-state index is 14.3. The number of imidazole rings is 1. The minimum Gasteiger partial charge on any atom is -0.494 e. The number of nitrogens with zero attached hydrogens (tertiary/aromatic N) is 6. The number of pyridine rings is 2. The number of amides is 2. The van der Waals surface area contributed by atoms with E-state index in [-0.39, 0.29) is 24.8 Å². The van der Waals surface area contributed by atoms with Crippen molar-refractivity contribution < 1.29 is 18.7 Å². The highest BCUT2D eigenvalue weighted by molar-refractivity contribution is 6.00. The summed E-state index contributed by atoms with van der Waals surface area (Å²) in [6.45, 7) is 2.58. The fourth-order valence-corrected chi connectivity index (χ4v) is 6.26. The molecule has 5 aromatic rings. The monoisotopic (exact) mass is 610 g/mol. The van der Waals surface area contributed by atoms with E-state index in [1.807, 2.05) is 29.8 Å². The van der Waals surface area contributed by atoms with Crippen LogP contribution in [0.1, 0.15) is 36.5 Å². The van der Waals surface area contributed by atoms with Crippen molar-refractivity contribution in [3.63, 3.8) is 0 Å². The van der Waals surface area contributed by atoms with Crippen LogP contribution in [0.5, 0.6) is 5.75 Å². The van der Waals surface area contributed by atoms with Crippen LogP contribution in [-0.2, 0) is 18.4 Å². The number of methoxy groups -OCH3 is 1. The minimum atomic E-state index is -1.15. The van der Waals surface area contributed by atoms with Gasteiger partial charge in [-0.25, -0.2) is 19.3 Å². The smallest absolute Gasteiger partial charge is 0.254 e. The highest BCUT2D eigenvalue weighted by atomic mass is 19.1. The fourth-order valence-electron chi connectivity index (χ4n) is 6.26. The second-order valence-electron chi connectivity index (χ2n) is 12.2. The number of rotatable bonds is 7. The topological polar surface area (TPSA) is 133 Å². The van der Waals surface area contributed by atoms with E-state index in [1.54, 1.807) is 31.5 Å². The Bertz CT molecular complexity index is 1940. The lowest BCUT2D eigenvalue weighted by Crippen LogP contribution is -2.50. The molecule has 5 heterocycles. The van der Waals surface area contributed by atoms with Crippen LogP contribution in [0.2, 0.25) is 0 Å². The second kappa shape index (κ2) is 11.3. The van der Waals surface area contributed by atoms with Crippen molar-refractivity contribution in [2.75, 3.05) is 25.5 Å². The van der Waals surface area contributed by atoms with E-state index in [0.29, 0.717) is 35.1 Å². The normalized spacial score (nSPS) is 18.5. The molecule has 0 spiro atoms. The van der Waals surface area contributed by atoms with E-state index < -0.39 is 12.2 Å². The summed E-state index contributed by atoms with van der Waals surface area (Å²) in [5.41, 5.74) is 11.1. The first kappa shape index (κ1) is 28.9. The Morgan fingerprint density at radius 1 is 1.11 bits per heavy atom. The summed E-state index contributed by atoms with van der Waals surface area (Å²) in [7, 11) is 3.50. The number of anilines is 1. The molecule has 2 fully saturated rings. The third-order valence-electron chi connectivity index (χ3n) is 8.59. The number of fused-ring (bicyclic) bond motifs is 2. The average molecular weight is 611 g/mol. The minimum absolute atomic E-state index is 0.0200. The first-order chi connectivity index (χ1) is 21.7. The lowest BCUT2D eigenvalue weighted by Gasteiger charge is -2.33. The third-order valence-corrected chi connectivity index (χ3v) is 8.59. The summed E-state index contributed by atoms with van der Waals surface area (Å²) in [5, 5.41) is 3.67. The lowest BCUT2D eigenvalue weighted by molar-refractivity contribution is -0.114. The van der Waals surface area contributed by atoms with Gasteiger partial charge in [-0.3, -0.25) is 9.59 Å². The second-order valence-corrected chi connectivity index (χ2v) is 12.2. The number of hydrogen-bond acceptors (Lipinski definition) is 7. The maximum atomic E-state index is 14.3. The number of alkyl halides is 1. The van der Waals surface area contributed by atoms with Crippen LogP contribution in [0.4, 0.5) is 10.2 Å². The van der Waals surface area contributed by atoms with Gasteiger partial charge in [-0.1, -0.05) is 0 Å². The molecule has 1 saturated heterocycles. The summed E-state index contributed by atoms with van der Waals surface area (Å²) in [5.74, 6) is 1.81. The number of aryl methyl sites for hydroxylation is 1. The molecule has 2 atom stereocenters. The van der Waals surface area contributed by atoms with Gasteiger partial charge in [-0.15, -0.1) is 0 Å². The van der Waals surface area contributed by atoms with Gasteiger partial charge in [0.15, 0.2) is 5.82 Å². The van der Waals surface area contributed by atoms with E-state index in [0.717, 1.165) is 58.7 Å². The van der Waals surface area contributed by atoms with Gasteiger partial charge in [-0.2, -0.15) is 0 Å². The first-order valence-corrected chi connectivity index (χ1v) is 15.2. The van der Waals surface area contributed by atoms with Crippen LogP contribution in [0, 0.1) is 5.92 Å². The molecule has 0 unspecified atom stereocenters. The summed E-state index contributed by atoms with van der Waals surface area (Å²) in [6, 6.07) is 12.8. The van der Waals surface area contributed by atoms with Gasteiger partial charge in [0.05, 0.1) is 30.6 Å². The number of hydrogen-bond donors (Lipinski definition) is 2. The van der Waals surface area contributed by atoms with Gasteiger partial charge in [0.1, 0.15) is 28.9 Å². The summed E-state index contributed by atoms with van der Waals surface area (Å²) >= 11 is 0. The molecule has 3 N–H and O–H groups in total. The van der Waals surface area contributed by atoms with E-state index in [1.165, 1.54) is 11.8 Å². The van der Waals surface area contributed by atoms with E-state index >= 15 is 0 Å². The SMILES string of the molecule is COc1cc(C(=O)N2C[C@H](N)C[C@@H](F)C2)cc2nc(-c3cc4ccc(-c5ccc(NC(C)=O)nc5)nc4n3CC3CC3)n(C)c12. The highest BCUT2D eigenvalue weighted by Crippen LogP contribution is 2.38. The Labute approximate surface area is 259 Å². The standard InChI is InChI=1S/C33H35FN8O3/c1-18(43)37-29-9-7-21(14-36-29)25-8-6-20-11-27(42(31(20)38-25)15-19-4-5-19)32-39-26-10-22(12-28(45-3)30(26)40(32)2)33(44)41-16-23(34)13-24(35)17-41/h6-12,14,19,23-24H,4-5,13,15-17,35H2,1-3H3,(H,36,37,43)/t23-,24-/m1/s1. The molecule has 12 heteroatoms. The third kappa shape index (κ3) is 5.50.